The van der Waals surface area contributed by atoms with Gasteiger partial charge in [0.05, 0.1) is 17.8 Å². The Morgan fingerprint density at radius 2 is 1.50 bits per heavy atom. The molecule has 0 aliphatic heterocycles. The second kappa shape index (κ2) is 7.15. The van der Waals surface area contributed by atoms with Crippen molar-refractivity contribution in [1.82, 2.24) is 9.78 Å². The summed E-state index contributed by atoms with van der Waals surface area (Å²) in [5.74, 6) is 0. The first-order valence-corrected chi connectivity index (χ1v) is 8.20. The van der Waals surface area contributed by atoms with Crippen molar-refractivity contribution in [2.45, 2.75) is 26.1 Å². The molecule has 0 aliphatic rings. The summed E-state index contributed by atoms with van der Waals surface area (Å²) in [7, 11) is 0. The van der Waals surface area contributed by atoms with Crippen LogP contribution >= 0.6 is 0 Å². The number of hydrogen-bond acceptors (Lipinski definition) is 2. The van der Waals surface area contributed by atoms with Gasteiger partial charge in [0.2, 0.25) is 0 Å². The zero-order chi connectivity index (χ0) is 18.7. The average molecular weight is 358 g/mol. The van der Waals surface area contributed by atoms with Crippen molar-refractivity contribution in [2.75, 3.05) is 0 Å². The smallest absolute Gasteiger partial charge is 0.268 e. The van der Waals surface area contributed by atoms with Crippen LogP contribution in [0.4, 0.5) is 13.2 Å². The fraction of sp³-hybridized carbons (Fsp3) is 0.200. The predicted molar refractivity (Wildman–Crippen MR) is 93.9 cm³/mol. The maximum atomic E-state index is 12.6. The van der Waals surface area contributed by atoms with E-state index in [0.29, 0.717) is 11.3 Å². The third kappa shape index (κ3) is 4.02. The van der Waals surface area contributed by atoms with Gasteiger partial charge in [0, 0.05) is 11.6 Å². The van der Waals surface area contributed by atoms with Crippen molar-refractivity contribution in [3.63, 3.8) is 0 Å². The predicted octanol–water partition coefficient (Wildman–Crippen LogP) is 4.54. The lowest BCUT2D eigenvalue weighted by atomic mass is 10.1. The maximum Gasteiger partial charge on any atom is 0.416 e. The van der Waals surface area contributed by atoms with Crippen LogP contribution in [0.3, 0.4) is 0 Å². The zero-order valence-corrected chi connectivity index (χ0v) is 14.1. The van der Waals surface area contributed by atoms with E-state index in [9.17, 15) is 18.0 Å². The van der Waals surface area contributed by atoms with Gasteiger partial charge in [-0.2, -0.15) is 18.3 Å². The number of halogens is 3. The summed E-state index contributed by atoms with van der Waals surface area (Å²) in [4.78, 5) is 12.1. The summed E-state index contributed by atoms with van der Waals surface area (Å²) in [6.07, 6.45) is -3.45. The lowest BCUT2D eigenvalue weighted by Gasteiger charge is -2.10. The highest BCUT2D eigenvalue weighted by Gasteiger charge is 2.29. The second-order valence-corrected chi connectivity index (χ2v) is 5.96. The Hall–Kier alpha value is -2.89. The summed E-state index contributed by atoms with van der Waals surface area (Å²) in [6.45, 7) is 2.18. The molecule has 0 saturated carbocycles. The van der Waals surface area contributed by atoms with Gasteiger partial charge in [-0.3, -0.25) is 4.79 Å². The van der Waals surface area contributed by atoms with Gasteiger partial charge >= 0.3 is 6.18 Å². The van der Waals surface area contributed by atoms with E-state index >= 15 is 0 Å². The van der Waals surface area contributed by atoms with Crippen LogP contribution < -0.4 is 5.56 Å². The summed E-state index contributed by atoms with van der Waals surface area (Å²) in [6, 6.07) is 15.7. The largest absolute Gasteiger partial charge is 0.416 e. The van der Waals surface area contributed by atoms with Gasteiger partial charge in [-0.1, -0.05) is 43.3 Å². The first-order chi connectivity index (χ1) is 12.4. The highest BCUT2D eigenvalue weighted by molar-refractivity contribution is 5.58. The normalized spacial score (nSPS) is 11.5. The van der Waals surface area contributed by atoms with Gasteiger partial charge in [-0.15, -0.1) is 0 Å². The van der Waals surface area contributed by atoms with E-state index in [4.69, 9.17) is 0 Å². The van der Waals surface area contributed by atoms with Crippen molar-refractivity contribution >= 4 is 0 Å². The van der Waals surface area contributed by atoms with E-state index in [1.807, 2.05) is 24.3 Å². The summed E-state index contributed by atoms with van der Waals surface area (Å²) < 4.78 is 39.2. The quantitative estimate of drug-likeness (QED) is 0.686. The van der Waals surface area contributed by atoms with Gasteiger partial charge < -0.3 is 0 Å². The molecule has 1 heterocycles. The molecular formula is C20H17F3N2O. The molecule has 0 spiro atoms. The van der Waals surface area contributed by atoms with Crippen molar-refractivity contribution in [3.05, 3.63) is 87.7 Å². The van der Waals surface area contributed by atoms with Gasteiger partial charge in [-0.25, -0.2) is 4.68 Å². The van der Waals surface area contributed by atoms with Crippen molar-refractivity contribution < 1.29 is 13.2 Å². The molecule has 3 nitrogen and oxygen atoms in total. The Labute approximate surface area is 148 Å². The van der Waals surface area contributed by atoms with Gasteiger partial charge in [0.25, 0.3) is 5.56 Å². The second-order valence-electron chi connectivity index (χ2n) is 5.96. The number of alkyl halides is 3. The Bertz CT molecular complexity index is 943. The van der Waals surface area contributed by atoms with Gasteiger partial charge in [-0.05, 0) is 35.7 Å². The number of rotatable bonds is 4. The third-order valence-electron chi connectivity index (χ3n) is 4.14. The Kier molecular flexibility index (Phi) is 4.93. The number of benzene rings is 2. The van der Waals surface area contributed by atoms with E-state index in [1.54, 1.807) is 6.07 Å². The molecule has 0 aliphatic carbocycles. The van der Waals surface area contributed by atoms with Crippen LogP contribution in [0.15, 0.2) is 65.5 Å². The molecule has 0 fully saturated rings. The molecule has 26 heavy (non-hydrogen) atoms. The Morgan fingerprint density at radius 1 is 0.885 bits per heavy atom. The van der Waals surface area contributed by atoms with Gasteiger partial charge in [0.15, 0.2) is 0 Å². The minimum Gasteiger partial charge on any atom is -0.268 e. The Balaban J connectivity index is 1.87. The molecular weight excluding hydrogens is 341 g/mol. The molecule has 2 aromatic carbocycles. The van der Waals surface area contributed by atoms with E-state index in [0.717, 1.165) is 24.1 Å². The molecule has 1 aromatic heterocycles. The van der Waals surface area contributed by atoms with Crippen molar-refractivity contribution in [1.29, 1.82) is 0 Å². The molecule has 0 bridgehead atoms. The van der Waals surface area contributed by atoms with Crippen LogP contribution in [0, 0.1) is 0 Å². The summed E-state index contributed by atoms with van der Waals surface area (Å²) in [5, 5.41) is 4.35. The van der Waals surface area contributed by atoms with E-state index < -0.39 is 11.7 Å². The number of aromatic nitrogens is 2. The SMILES string of the molecule is CCc1ccc(-c2ccc(=O)n(Cc3ccc(C(F)(F)F)cc3)n2)cc1. The highest BCUT2D eigenvalue weighted by Crippen LogP contribution is 2.29. The van der Waals surface area contributed by atoms with E-state index in [-0.39, 0.29) is 12.1 Å². The molecule has 3 rings (SSSR count). The number of hydrogen-bond donors (Lipinski definition) is 0. The van der Waals surface area contributed by atoms with Crippen LogP contribution in [0.1, 0.15) is 23.6 Å². The molecule has 3 aromatic rings. The molecule has 0 saturated heterocycles. The molecule has 0 radical (unpaired) electrons. The minimum absolute atomic E-state index is 0.109. The lowest BCUT2D eigenvalue weighted by Crippen LogP contribution is -2.22. The fourth-order valence-electron chi connectivity index (χ4n) is 2.60. The molecule has 0 unspecified atom stereocenters. The molecule has 0 N–H and O–H groups in total. The molecule has 0 atom stereocenters. The van der Waals surface area contributed by atoms with E-state index in [2.05, 4.69) is 12.0 Å². The monoisotopic (exact) mass is 358 g/mol. The molecule has 6 heteroatoms. The van der Waals surface area contributed by atoms with Crippen LogP contribution in [0.5, 0.6) is 0 Å². The fourth-order valence-corrected chi connectivity index (χ4v) is 2.60. The summed E-state index contributed by atoms with van der Waals surface area (Å²) in [5.41, 5.74) is 2.27. The minimum atomic E-state index is -4.38. The Morgan fingerprint density at radius 3 is 2.08 bits per heavy atom. The summed E-state index contributed by atoms with van der Waals surface area (Å²) >= 11 is 0. The molecule has 0 amide bonds. The maximum absolute atomic E-state index is 12.6. The van der Waals surface area contributed by atoms with Crippen LogP contribution in [0.2, 0.25) is 0 Å². The third-order valence-corrected chi connectivity index (χ3v) is 4.14. The van der Waals surface area contributed by atoms with E-state index in [1.165, 1.54) is 28.4 Å². The van der Waals surface area contributed by atoms with Crippen LogP contribution in [0.25, 0.3) is 11.3 Å². The zero-order valence-electron chi connectivity index (χ0n) is 14.1. The van der Waals surface area contributed by atoms with Crippen molar-refractivity contribution in [3.8, 4) is 11.3 Å². The molecule has 134 valence electrons. The highest BCUT2D eigenvalue weighted by atomic mass is 19.4. The topological polar surface area (TPSA) is 34.9 Å². The lowest BCUT2D eigenvalue weighted by molar-refractivity contribution is -0.137. The first-order valence-electron chi connectivity index (χ1n) is 8.20. The standard InChI is InChI=1S/C20H17F3N2O/c1-2-14-3-7-16(8-4-14)18-11-12-19(26)25(24-18)13-15-5-9-17(10-6-15)20(21,22)23/h3-12H,2,13H2,1H3. The average Bonchev–Trinajstić information content (AvgIpc) is 2.63. The van der Waals surface area contributed by atoms with Crippen molar-refractivity contribution in [2.24, 2.45) is 0 Å². The van der Waals surface area contributed by atoms with Crippen LogP contribution in [-0.4, -0.2) is 9.78 Å². The van der Waals surface area contributed by atoms with Crippen LogP contribution in [-0.2, 0) is 19.1 Å². The first kappa shape index (κ1) is 17.9. The number of aryl methyl sites for hydroxylation is 1. The van der Waals surface area contributed by atoms with Gasteiger partial charge in [0.1, 0.15) is 0 Å². The number of nitrogens with zero attached hydrogens (tertiary/aromatic N) is 2.